The van der Waals surface area contributed by atoms with Crippen molar-refractivity contribution in [2.45, 2.75) is 39.2 Å². The van der Waals surface area contributed by atoms with Gasteiger partial charge in [-0.3, -0.25) is 9.59 Å². The molecule has 0 heterocycles. The van der Waals surface area contributed by atoms with E-state index in [9.17, 15) is 9.59 Å². The van der Waals surface area contributed by atoms with Gasteiger partial charge in [0.1, 0.15) is 5.75 Å². The van der Waals surface area contributed by atoms with Gasteiger partial charge in [-0.25, -0.2) is 0 Å². The average molecular weight is 398 g/mol. The van der Waals surface area contributed by atoms with Crippen molar-refractivity contribution in [1.82, 2.24) is 4.90 Å². The molecule has 0 saturated heterocycles. The minimum absolute atomic E-state index is 0.114. The standard InChI is InChI=1S/C23H31N3O3/c1-5-17(2)29-21-13-11-20(12-14-21)25-22(27)16-24-19-9-6-18(7-10-19)8-15-23(28)26(3)4/h6-7,9-14,17,24H,5,8,15-16H2,1-4H3,(H,25,27). The number of carbonyl (C=O) groups is 2. The molecule has 0 aliphatic rings. The number of amides is 2. The van der Waals surface area contributed by atoms with Gasteiger partial charge in [-0.2, -0.15) is 0 Å². The molecule has 2 rings (SSSR count). The molecule has 0 radical (unpaired) electrons. The summed E-state index contributed by atoms with van der Waals surface area (Å²) in [5, 5.41) is 5.97. The van der Waals surface area contributed by atoms with Crippen LogP contribution in [-0.2, 0) is 16.0 Å². The molecule has 0 fully saturated rings. The number of ether oxygens (including phenoxy) is 1. The van der Waals surface area contributed by atoms with E-state index in [0.29, 0.717) is 12.8 Å². The highest BCUT2D eigenvalue weighted by Crippen LogP contribution is 2.18. The van der Waals surface area contributed by atoms with Crippen LogP contribution < -0.4 is 15.4 Å². The Hall–Kier alpha value is -3.02. The number of hydrogen-bond acceptors (Lipinski definition) is 4. The molecule has 0 aromatic heterocycles. The van der Waals surface area contributed by atoms with E-state index in [1.54, 1.807) is 19.0 Å². The van der Waals surface area contributed by atoms with Gasteiger partial charge in [-0.15, -0.1) is 0 Å². The molecule has 156 valence electrons. The maximum absolute atomic E-state index is 12.2. The number of nitrogens with one attached hydrogen (secondary N) is 2. The Labute approximate surface area is 173 Å². The molecular weight excluding hydrogens is 366 g/mol. The van der Waals surface area contributed by atoms with Gasteiger partial charge in [0, 0.05) is 31.9 Å². The van der Waals surface area contributed by atoms with Crippen LogP contribution in [0, 0.1) is 0 Å². The third kappa shape index (κ3) is 7.86. The van der Waals surface area contributed by atoms with Crippen molar-refractivity contribution in [3.05, 3.63) is 54.1 Å². The van der Waals surface area contributed by atoms with E-state index in [1.807, 2.05) is 55.5 Å². The van der Waals surface area contributed by atoms with E-state index in [1.165, 1.54) is 0 Å². The Balaban J connectivity index is 1.76. The number of benzene rings is 2. The average Bonchev–Trinajstić information content (AvgIpc) is 2.72. The van der Waals surface area contributed by atoms with Crippen LogP contribution >= 0.6 is 0 Å². The fourth-order valence-electron chi connectivity index (χ4n) is 2.58. The van der Waals surface area contributed by atoms with Crippen molar-refractivity contribution in [1.29, 1.82) is 0 Å². The SMILES string of the molecule is CCC(C)Oc1ccc(NC(=O)CNc2ccc(CCC(=O)N(C)C)cc2)cc1. The van der Waals surface area contributed by atoms with Crippen LogP contribution in [0.3, 0.4) is 0 Å². The lowest BCUT2D eigenvalue weighted by molar-refractivity contribution is -0.128. The first-order valence-electron chi connectivity index (χ1n) is 9.97. The van der Waals surface area contributed by atoms with Crippen LogP contribution in [0.4, 0.5) is 11.4 Å². The third-order valence-corrected chi connectivity index (χ3v) is 4.58. The molecule has 6 nitrogen and oxygen atoms in total. The highest BCUT2D eigenvalue weighted by atomic mass is 16.5. The normalized spacial score (nSPS) is 11.4. The lowest BCUT2D eigenvalue weighted by atomic mass is 10.1. The highest BCUT2D eigenvalue weighted by Gasteiger charge is 2.06. The number of hydrogen-bond donors (Lipinski definition) is 2. The number of aryl methyl sites for hydroxylation is 1. The Morgan fingerprint density at radius 1 is 1.00 bits per heavy atom. The van der Waals surface area contributed by atoms with Crippen molar-refractivity contribution < 1.29 is 14.3 Å². The van der Waals surface area contributed by atoms with Gasteiger partial charge in [0.05, 0.1) is 12.6 Å². The fourth-order valence-corrected chi connectivity index (χ4v) is 2.58. The van der Waals surface area contributed by atoms with E-state index in [-0.39, 0.29) is 24.5 Å². The summed E-state index contributed by atoms with van der Waals surface area (Å²) >= 11 is 0. The summed E-state index contributed by atoms with van der Waals surface area (Å²) in [7, 11) is 3.52. The fraction of sp³-hybridized carbons (Fsp3) is 0.391. The van der Waals surface area contributed by atoms with Crippen LogP contribution in [0.5, 0.6) is 5.75 Å². The Morgan fingerprint density at radius 3 is 2.21 bits per heavy atom. The molecule has 0 aliphatic carbocycles. The van der Waals surface area contributed by atoms with Crippen LogP contribution in [0.15, 0.2) is 48.5 Å². The second kappa shape index (κ2) is 11.1. The van der Waals surface area contributed by atoms with E-state index >= 15 is 0 Å². The summed E-state index contributed by atoms with van der Waals surface area (Å²) in [5.74, 6) is 0.785. The van der Waals surface area contributed by atoms with Crippen molar-refractivity contribution >= 4 is 23.2 Å². The Kier molecular flexibility index (Phi) is 8.52. The predicted molar refractivity (Wildman–Crippen MR) is 117 cm³/mol. The molecule has 0 saturated carbocycles. The van der Waals surface area contributed by atoms with Crippen molar-refractivity contribution in [2.24, 2.45) is 0 Å². The smallest absolute Gasteiger partial charge is 0.243 e. The molecule has 2 amide bonds. The zero-order chi connectivity index (χ0) is 21.2. The number of rotatable bonds is 10. The molecule has 0 bridgehead atoms. The van der Waals surface area contributed by atoms with Gasteiger partial charge < -0.3 is 20.3 Å². The molecule has 2 aromatic carbocycles. The van der Waals surface area contributed by atoms with E-state index in [0.717, 1.165) is 29.1 Å². The Bertz CT molecular complexity index is 786. The van der Waals surface area contributed by atoms with Crippen LogP contribution in [-0.4, -0.2) is 43.5 Å². The number of anilines is 2. The third-order valence-electron chi connectivity index (χ3n) is 4.58. The summed E-state index contributed by atoms with van der Waals surface area (Å²) < 4.78 is 5.73. The molecule has 29 heavy (non-hydrogen) atoms. The predicted octanol–water partition coefficient (Wildman–Crippen LogP) is 3.94. The second-order valence-corrected chi connectivity index (χ2v) is 7.25. The quantitative estimate of drug-likeness (QED) is 0.637. The molecule has 1 atom stereocenters. The monoisotopic (exact) mass is 397 g/mol. The van der Waals surface area contributed by atoms with Crippen molar-refractivity contribution in [3.63, 3.8) is 0 Å². The maximum Gasteiger partial charge on any atom is 0.243 e. The van der Waals surface area contributed by atoms with Gasteiger partial charge in [-0.05, 0) is 61.7 Å². The molecule has 1 unspecified atom stereocenters. The molecule has 0 spiro atoms. The van der Waals surface area contributed by atoms with Crippen molar-refractivity contribution in [3.8, 4) is 5.75 Å². The summed E-state index contributed by atoms with van der Waals surface area (Å²) in [4.78, 5) is 25.4. The van der Waals surface area contributed by atoms with Crippen LogP contribution in [0.1, 0.15) is 32.3 Å². The lowest BCUT2D eigenvalue weighted by Gasteiger charge is -2.13. The second-order valence-electron chi connectivity index (χ2n) is 7.25. The first-order chi connectivity index (χ1) is 13.9. The first-order valence-corrected chi connectivity index (χ1v) is 9.97. The molecule has 6 heteroatoms. The van der Waals surface area contributed by atoms with E-state index in [4.69, 9.17) is 4.74 Å². The summed E-state index contributed by atoms with van der Waals surface area (Å²) in [6.45, 7) is 4.27. The van der Waals surface area contributed by atoms with Gasteiger partial charge in [0.25, 0.3) is 0 Å². The minimum atomic E-state index is -0.124. The summed E-state index contributed by atoms with van der Waals surface area (Å²) in [6.07, 6.45) is 2.30. The zero-order valence-corrected chi connectivity index (χ0v) is 17.7. The van der Waals surface area contributed by atoms with Gasteiger partial charge in [0.2, 0.25) is 11.8 Å². The largest absolute Gasteiger partial charge is 0.491 e. The van der Waals surface area contributed by atoms with Crippen molar-refractivity contribution in [2.75, 3.05) is 31.3 Å². The van der Waals surface area contributed by atoms with E-state index in [2.05, 4.69) is 17.6 Å². The molecule has 2 aromatic rings. The number of carbonyl (C=O) groups excluding carboxylic acids is 2. The summed E-state index contributed by atoms with van der Waals surface area (Å²) in [6, 6.07) is 15.2. The summed E-state index contributed by atoms with van der Waals surface area (Å²) in [5.41, 5.74) is 2.68. The maximum atomic E-state index is 12.2. The zero-order valence-electron chi connectivity index (χ0n) is 17.7. The minimum Gasteiger partial charge on any atom is -0.491 e. The van der Waals surface area contributed by atoms with Gasteiger partial charge in [0.15, 0.2) is 0 Å². The molecule has 2 N–H and O–H groups in total. The van der Waals surface area contributed by atoms with Crippen LogP contribution in [0.2, 0.25) is 0 Å². The molecular formula is C23H31N3O3. The Morgan fingerprint density at radius 2 is 1.62 bits per heavy atom. The topological polar surface area (TPSA) is 70.7 Å². The number of nitrogens with zero attached hydrogens (tertiary/aromatic N) is 1. The van der Waals surface area contributed by atoms with E-state index < -0.39 is 0 Å². The highest BCUT2D eigenvalue weighted by molar-refractivity contribution is 5.93. The van der Waals surface area contributed by atoms with Gasteiger partial charge in [-0.1, -0.05) is 19.1 Å². The first kappa shape index (κ1) is 22.3. The van der Waals surface area contributed by atoms with Gasteiger partial charge >= 0.3 is 0 Å². The molecule has 0 aliphatic heterocycles. The van der Waals surface area contributed by atoms with Crippen LogP contribution in [0.25, 0.3) is 0 Å². The lowest BCUT2D eigenvalue weighted by Crippen LogP contribution is -2.22.